The van der Waals surface area contributed by atoms with E-state index in [0.29, 0.717) is 0 Å². The lowest BCUT2D eigenvalue weighted by atomic mass is 9.93. The Kier molecular flexibility index (Phi) is 3.81. The average Bonchev–Trinajstić information content (AvgIpc) is 2.68. The van der Waals surface area contributed by atoms with E-state index in [9.17, 15) is 5.11 Å². The van der Waals surface area contributed by atoms with Crippen molar-refractivity contribution in [3.8, 4) is 11.3 Å². The first-order valence-corrected chi connectivity index (χ1v) is 8.00. The number of hydrogen-bond donors (Lipinski definition) is 1. The van der Waals surface area contributed by atoms with Gasteiger partial charge in [-0.3, -0.25) is 4.98 Å². The van der Waals surface area contributed by atoms with Gasteiger partial charge in [0.05, 0.1) is 5.69 Å². The highest BCUT2D eigenvalue weighted by Crippen LogP contribution is 2.32. The summed E-state index contributed by atoms with van der Waals surface area (Å²) in [7, 11) is 0. The van der Waals surface area contributed by atoms with Crippen molar-refractivity contribution in [1.82, 2.24) is 4.98 Å². The van der Waals surface area contributed by atoms with Crippen LogP contribution in [0.2, 0.25) is 0 Å². The summed E-state index contributed by atoms with van der Waals surface area (Å²) in [5, 5.41) is 13.3. The predicted octanol–water partition coefficient (Wildman–Crippen LogP) is 4.98. The van der Waals surface area contributed by atoms with E-state index in [1.54, 1.807) is 6.20 Å². The number of fused-ring (bicyclic) bond motifs is 1. The van der Waals surface area contributed by atoms with E-state index in [1.165, 1.54) is 5.39 Å². The number of rotatable bonds is 3. The molecule has 0 aliphatic rings. The van der Waals surface area contributed by atoms with Gasteiger partial charge in [0.25, 0.3) is 0 Å². The molecule has 1 aromatic heterocycles. The molecule has 2 nitrogen and oxygen atoms in total. The fourth-order valence-corrected chi connectivity index (χ4v) is 3.05. The van der Waals surface area contributed by atoms with Gasteiger partial charge in [0.2, 0.25) is 0 Å². The third-order valence-electron chi connectivity index (χ3n) is 4.29. The summed E-state index contributed by atoms with van der Waals surface area (Å²) in [6.07, 6.45) is 1.09. The number of benzene rings is 3. The first-order valence-electron chi connectivity index (χ1n) is 8.00. The molecular weight excluding hydrogens is 294 g/mol. The van der Waals surface area contributed by atoms with E-state index >= 15 is 0 Å². The Balaban J connectivity index is 1.80. The van der Waals surface area contributed by atoms with Crippen molar-refractivity contribution in [2.45, 2.75) is 6.10 Å². The predicted molar refractivity (Wildman–Crippen MR) is 97.7 cm³/mol. The molecule has 0 amide bonds. The van der Waals surface area contributed by atoms with Crippen molar-refractivity contribution in [2.24, 2.45) is 0 Å². The smallest absolute Gasteiger partial charge is 0.105 e. The van der Waals surface area contributed by atoms with Gasteiger partial charge < -0.3 is 5.11 Å². The Morgan fingerprint density at radius 1 is 0.708 bits per heavy atom. The topological polar surface area (TPSA) is 33.1 Å². The molecule has 0 radical (unpaired) electrons. The molecule has 1 unspecified atom stereocenters. The van der Waals surface area contributed by atoms with Crippen molar-refractivity contribution in [2.75, 3.05) is 0 Å². The number of aromatic nitrogens is 1. The van der Waals surface area contributed by atoms with Crippen LogP contribution in [0.5, 0.6) is 0 Å². The largest absolute Gasteiger partial charge is 0.384 e. The summed E-state index contributed by atoms with van der Waals surface area (Å²) in [5.74, 6) is 0. The second-order valence-corrected chi connectivity index (χ2v) is 5.81. The summed E-state index contributed by atoms with van der Waals surface area (Å²) in [5.41, 5.74) is 3.58. The second kappa shape index (κ2) is 6.26. The van der Waals surface area contributed by atoms with Crippen LogP contribution < -0.4 is 0 Å². The highest BCUT2D eigenvalue weighted by Gasteiger charge is 2.16. The molecule has 3 aromatic carbocycles. The van der Waals surface area contributed by atoms with Gasteiger partial charge in [-0.25, -0.2) is 0 Å². The molecule has 1 heterocycles. The summed E-state index contributed by atoms with van der Waals surface area (Å²) in [4.78, 5) is 4.42. The zero-order valence-corrected chi connectivity index (χ0v) is 13.1. The monoisotopic (exact) mass is 311 g/mol. The second-order valence-electron chi connectivity index (χ2n) is 5.81. The number of nitrogens with zero attached hydrogens (tertiary/aromatic N) is 1. The summed E-state index contributed by atoms with van der Waals surface area (Å²) in [6.45, 7) is 0. The molecule has 0 aliphatic carbocycles. The maximum absolute atomic E-state index is 11.0. The summed E-state index contributed by atoms with van der Waals surface area (Å²) >= 11 is 0. The van der Waals surface area contributed by atoms with E-state index in [1.807, 2.05) is 60.7 Å². The van der Waals surface area contributed by atoms with Crippen molar-refractivity contribution in [3.63, 3.8) is 0 Å². The average molecular weight is 311 g/mol. The van der Waals surface area contributed by atoms with Crippen molar-refractivity contribution >= 4 is 10.8 Å². The molecular formula is C22H17NO. The molecule has 0 saturated carbocycles. The van der Waals surface area contributed by atoms with Crippen LogP contribution in [0.25, 0.3) is 22.0 Å². The Bertz CT molecular complexity index is 979. The molecule has 4 aromatic rings. The van der Waals surface area contributed by atoms with Gasteiger partial charge in [-0.2, -0.15) is 0 Å². The minimum Gasteiger partial charge on any atom is -0.384 e. The van der Waals surface area contributed by atoms with Crippen LogP contribution in [0.4, 0.5) is 0 Å². The van der Waals surface area contributed by atoms with Gasteiger partial charge >= 0.3 is 0 Å². The molecule has 0 saturated heterocycles. The Hall–Kier alpha value is -2.97. The van der Waals surface area contributed by atoms with E-state index in [0.717, 1.165) is 27.8 Å². The van der Waals surface area contributed by atoms with E-state index in [-0.39, 0.29) is 0 Å². The van der Waals surface area contributed by atoms with E-state index in [4.69, 9.17) is 0 Å². The molecule has 0 aliphatic heterocycles. The molecule has 24 heavy (non-hydrogen) atoms. The molecule has 0 fully saturated rings. The Labute approximate surface area is 141 Å². The van der Waals surface area contributed by atoms with Crippen LogP contribution in [0.3, 0.4) is 0 Å². The van der Waals surface area contributed by atoms with Crippen LogP contribution >= 0.6 is 0 Å². The van der Waals surface area contributed by atoms with Gasteiger partial charge in [-0.05, 0) is 40.1 Å². The van der Waals surface area contributed by atoms with Crippen LogP contribution in [-0.4, -0.2) is 10.1 Å². The zero-order chi connectivity index (χ0) is 16.4. The lowest BCUT2D eigenvalue weighted by Crippen LogP contribution is -2.02. The molecule has 116 valence electrons. The first-order chi connectivity index (χ1) is 11.8. The van der Waals surface area contributed by atoms with Gasteiger partial charge in [0.15, 0.2) is 0 Å². The number of pyridine rings is 1. The minimum absolute atomic E-state index is 0.687. The maximum Gasteiger partial charge on any atom is 0.105 e. The van der Waals surface area contributed by atoms with Crippen LogP contribution in [0.1, 0.15) is 17.2 Å². The van der Waals surface area contributed by atoms with Crippen molar-refractivity contribution in [3.05, 3.63) is 102 Å². The van der Waals surface area contributed by atoms with Gasteiger partial charge in [-0.1, -0.05) is 66.7 Å². The van der Waals surface area contributed by atoms with E-state index in [2.05, 4.69) is 29.2 Å². The highest BCUT2D eigenvalue weighted by molar-refractivity contribution is 5.83. The highest BCUT2D eigenvalue weighted by atomic mass is 16.3. The third kappa shape index (κ3) is 2.68. The van der Waals surface area contributed by atoms with Crippen LogP contribution in [0, 0.1) is 0 Å². The minimum atomic E-state index is -0.687. The molecule has 0 spiro atoms. The summed E-state index contributed by atoms with van der Waals surface area (Å²) in [6, 6.07) is 28.0. The lowest BCUT2D eigenvalue weighted by Gasteiger charge is -2.16. The number of hydrogen-bond acceptors (Lipinski definition) is 2. The lowest BCUT2D eigenvalue weighted by molar-refractivity contribution is 0.221. The number of aliphatic hydroxyl groups is 1. The number of aliphatic hydroxyl groups excluding tert-OH is 1. The normalized spacial score (nSPS) is 12.2. The Morgan fingerprint density at radius 2 is 1.46 bits per heavy atom. The molecule has 1 atom stereocenters. The van der Waals surface area contributed by atoms with Crippen LogP contribution in [-0.2, 0) is 0 Å². The SMILES string of the molecule is OC(c1ccc2ccccc2c1)c1ccccc1-c1ccccn1. The standard InChI is InChI=1S/C22H17NO/c24-22(18-13-12-16-7-1-2-8-17(16)15-18)20-10-4-3-9-19(20)21-11-5-6-14-23-21/h1-15,22,24H. The van der Waals surface area contributed by atoms with Gasteiger partial charge in [-0.15, -0.1) is 0 Å². The van der Waals surface area contributed by atoms with Crippen LogP contribution in [0.15, 0.2) is 91.1 Å². The van der Waals surface area contributed by atoms with Gasteiger partial charge in [0.1, 0.15) is 6.10 Å². The van der Waals surface area contributed by atoms with Crippen molar-refractivity contribution in [1.29, 1.82) is 0 Å². The fraction of sp³-hybridized carbons (Fsp3) is 0.0455. The maximum atomic E-state index is 11.0. The zero-order valence-electron chi connectivity index (χ0n) is 13.1. The van der Waals surface area contributed by atoms with E-state index < -0.39 is 6.10 Å². The molecule has 2 heteroatoms. The molecule has 1 N–H and O–H groups in total. The first kappa shape index (κ1) is 14.6. The Morgan fingerprint density at radius 3 is 2.29 bits per heavy atom. The van der Waals surface area contributed by atoms with Gasteiger partial charge in [0, 0.05) is 11.8 Å². The molecule has 0 bridgehead atoms. The third-order valence-corrected chi connectivity index (χ3v) is 4.29. The molecule has 4 rings (SSSR count). The quantitative estimate of drug-likeness (QED) is 0.578. The fourth-order valence-electron chi connectivity index (χ4n) is 3.05. The summed E-state index contributed by atoms with van der Waals surface area (Å²) < 4.78 is 0. The van der Waals surface area contributed by atoms with Crippen molar-refractivity contribution < 1.29 is 5.11 Å².